The minimum absolute atomic E-state index is 0.412. The summed E-state index contributed by atoms with van der Waals surface area (Å²) >= 11 is 0. The molecule has 0 radical (unpaired) electrons. The van der Waals surface area contributed by atoms with Gasteiger partial charge >= 0.3 is 0 Å². The molecule has 1 aliphatic heterocycles. The molecule has 1 fully saturated rings. The summed E-state index contributed by atoms with van der Waals surface area (Å²) in [6.45, 7) is 4.86. The van der Waals surface area contributed by atoms with Gasteiger partial charge in [0, 0.05) is 31.0 Å². The molecule has 1 aliphatic rings. The lowest BCUT2D eigenvalue weighted by Crippen LogP contribution is -2.38. The molecule has 2 aromatic rings. The normalized spacial score (nSPS) is 17.6. The number of nitrogens with zero attached hydrogens (tertiary/aromatic N) is 4. The molecule has 0 saturated carbocycles. The number of anilines is 2. The smallest absolute Gasteiger partial charge is 0.224 e. The molecule has 0 aliphatic carbocycles. The van der Waals surface area contributed by atoms with E-state index < -0.39 is 0 Å². The molecule has 5 nitrogen and oxygen atoms in total. The van der Waals surface area contributed by atoms with Crippen LogP contribution in [0, 0.1) is 24.2 Å². The summed E-state index contributed by atoms with van der Waals surface area (Å²) in [6, 6.07) is 14.3. The largest absolute Gasteiger partial charge is 0.371 e. The maximum atomic E-state index is 8.99. The van der Waals surface area contributed by atoms with E-state index in [2.05, 4.69) is 50.5 Å². The van der Waals surface area contributed by atoms with Gasteiger partial charge in [0.25, 0.3) is 0 Å². The van der Waals surface area contributed by atoms with Gasteiger partial charge in [-0.3, -0.25) is 0 Å². The van der Waals surface area contributed by atoms with Gasteiger partial charge in [0.05, 0.1) is 0 Å². The third-order valence-corrected chi connectivity index (χ3v) is 4.16. The van der Waals surface area contributed by atoms with Crippen LogP contribution in [0.15, 0.2) is 36.4 Å². The Bertz CT molecular complexity index is 692. The Morgan fingerprint density at radius 3 is 2.91 bits per heavy atom. The molecule has 1 aromatic heterocycles. The molecule has 3 rings (SSSR count). The maximum Gasteiger partial charge on any atom is 0.224 e. The van der Waals surface area contributed by atoms with Gasteiger partial charge in [0.2, 0.25) is 5.95 Å². The van der Waals surface area contributed by atoms with Crippen molar-refractivity contribution in [3.05, 3.63) is 47.8 Å². The van der Waals surface area contributed by atoms with Gasteiger partial charge in [-0.05, 0) is 43.9 Å². The lowest BCUT2D eigenvalue weighted by molar-refractivity contribution is 0.431. The Morgan fingerprint density at radius 2 is 2.13 bits per heavy atom. The van der Waals surface area contributed by atoms with Gasteiger partial charge in [0.15, 0.2) is 0 Å². The van der Waals surface area contributed by atoms with Crippen molar-refractivity contribution in [3.63, 3.8) is 0 Å². The lowest BCUT2D eigenvalue weighted by atomic mass is 9.97. The number of hydrogen-bond donors (Lipinski definition) is 1. The van der Waals surface area contributed by atoms with Crippen LogP contribution in [0.4, 0.5) is 11.6 Å². The first-order valence-electron chi connectivity index (χ1n) is 8.04. The Kier molecular flexibility index (Phi) is 4.72. The van der Waals surface area contributed by atoms with Crippen molar-refractivity contribution in [1.82, 2.24) is 9.97 Å². The highest BCUT2D eigenvalue weighted by molar-refractivity contribution is 5.46. The quantitative estimate of drug-likeness (QED) is 0.940. The molecule has 0 unspecified atom stereocenters. The predicted octanol–water partition coefficient (Wildman–Crippen LogP) is 2.99. The second kappa shape index (κ2) is 7.10. The number of nitriles is 1. The topological polar surface area (TPSA) is 64.8 Å². The van der Waals surface area contributed by atoms with Crippen molar-refractivity contribution >= 4 is 11.6 Å². The van der Waals surface area contributed by atoms with E-state index in [0.717, 1.165) is 25.3 Å². The zero-order valence-electron chi connectivity index (χ0n) is 13.4. The number of rotatable bonds is 4. The molecule has 5 heteroatoms. The van der Waals surface area contributed by atoms with Crippen LogP contribution >= 0.6 is 0 Å². The predicted molar refractivity (Wildman–Crippen MR) is 91.4 cm³/mol. The molecular weight excluding hydrogens is 286 g/mol. The van der Waals surface area contributed by atoms with Gasteiger partial charge < -0.3 is 10.2 Å². The molecule has 0 amide bonds. The lowest BCUT2D eigenvalue weighted by Gasteiger charge is -2.34. The molecule has 0 spiro atoms. The molecule has 23 heavy (non-hydrogen) atoms. The van der Waals surface area contributed by atoms with E-state index >= 15 is 0 Å². The second-order valence-electron chi connectivity index (χ2n) is 6.00. The first-order chi connectivity index (χ1) is 11.2. The third kappa shape index (κ3) is 3.98. The second-order valence-corrected chi connectivity index (χ2v) is 6.00. The number of benzene rings is 1. The third-order valence-electron chi connectivity index (χ3n) is 4.16. The van der Waals surface area contributed by atoms with Gasteiger partial charge in [0.1, 0.15) is 11.8 Å². The summed E-state index contributed by atoms with van der Waals surface area (Å²) in [7, 11) is 0. The monoisotopic (exact) mass is 307 g/mol. The molecule has 0 bridgehead atoms. The van der Waals surface area contributed by atoms with Crippen LogP contribution < -0.4 is 10.2 Å². The summed E-state index contributed by atoms with van der Waals surface area (Å²) in [5, 5.41) is 12.3. The van der Waals surface area contributed by atoms with E-state index in [1.165, 1.54) is 18.5 Å². The van der Waals surface area contributed by atoms with E-state index in [0.29, 0.717) is 17.6 Å². The van der Waals surface area contributed by atoms with Crippen molar-refractivity contribution in [1.29, 1.82) is 5.26 Å². The van der Waals surface area contributed by atoms with Gasteiger partial charge in [-0.2, -0.15) is 5.26 Å². The minimum Gasteiger partial charge on any atom is -0.371 e. The standard InChI is InChI=1S/C18H21N5/c1-14-10-16(11-19)22-18(21-14)20-12-15-6-5-9-23(13-15)17-7-3-2-4-8-17/h2-4,7-8,10,15H,5-6,9,12-13H2,1H3,(H,20,21,22)/t15-/m1/s1. The summed E-state index contributed by atoms with van der Waals surface area (Å²) in [5.41, 5.74) is 2.51. The zero-order valence-corrected chi connectivity index (χ0v) is 13.4. The molecular formula is C18H21N5. The van der Waals surface area contributed by atoms with E-state index in [-0.39, 0.29) is 0 Å². The number of para-hydroxylation sites is 1. The fraction of sp³-hybridized carbons (Fsp3) is 0.389. The molecule has 2 heterocycles. The van der Waals surface area contributed by atoms with Crippen LogP contribution in [0.25, 0.3) is 0 Å². The van der Waals surface area contributed by atoms with Crippen LogP contribution in [0.3, 0.4) is 0 Å². The van der Waals surface area contributed by atoms with E-state index in [1.807, 2.05) is 13.0 Å². The number of piperidine rings is 1. The van der Waals surface area contributed by atoms with E-state index in [1.54, 1.807) is 6.07 Å². The maximum absolute atomic E-state index is 8.99. The summed E-state index contributed by atoms with van der Waals surface area (Å²) in [5.74, 6) is 1.11. The first-order valence-corrected chi connectivity index (χ1v) is 8.04. The van der Waals surface area contributed by atoms with Crippen LogP contribution in [0.1, 0.15) is 24.2 Å². The van der Waals surface area contributed by atoms with Gasteiger partial charge in [-0.25, -0.2) is 9.97 Å². The molecule has 1 N–H and O–H groups in total. The van der Waals surface area contributed by atoms with Gasteiger partial charge in [-0.15, -0.1) is 0 Å². The van der Waals surface area contributed by atoms with Crippen molar-refractivity contribution in [2.75, 3.05) is 29.9 Å². The van der Waals surface area contributed by atoms with Crippen molar-refractivity contribution in [2.24, 2.45) is 5.92 Å². The number of hydrogen-bond acceptors (Lipinski definition) is 5. The first kappa shape index (κ1) is 15.3. The van der Waals surface area contributed by atoms with Crippen LogP contribution in [0.5, 0.6) is 0 Å². The Hall–Kier alpha value is -2.61. The van der Waals surface area contributed by atoms with Crippen LogP contribution in [0.2, 0.25) is 0 Å². The molecule has 118 valence electrons. The highest BCUT2D eigenvalue weighted by Gasteiger charge is 2.20. The molecule has 1 atom stereocenters. The highest BCUT2D eigenvalue weighted by Crippen LogP contribution is 2.23. The van der Waals surface area contributed by atoms with Crippen molar-refractivity contribution < 1.29 is 0 Å². The zero-order chi connectivity index (χ0) is 16.1. The Morgan fingerprint density at radius 1 is 1.30 bits per heavy atom. The van der Waals surface area contributed by atoms with E-state index in [4.69, 9.17) is 5.26 Å². The summed E-state index contributed by atoms with van der Waals surface area (Å²) < 4.78 is 0. The Labute approximate surface area is 137 Å². The van der Waals surface area contributed by atoms with Crippen molar-refractivity contribution in [3.8, 4) is 6.07 Å². The average Bonchev–Trinajstić information content (AvgIpc) is 2.60. The summed E-state index contributed by atoms with van der Waals surface area (Å²) in [6.07, 6.45) is 2.40. The fourth-order valence-electron chi connectivity index (χ4n) is 3.05. The van der Waals surface area contributed by atoms with E-state index in [9.17, 15) is 0 Å². The molecule has 1 aromatic carbocycles. The van der Waals surface area contributed by atoms with Crippen LogP contribution in [-0.2, 0) is 0 Å². The summed E-state index contributed by atoms with van der Waals surface area (Å²) in [4.78, 5) is 11.0. The number of nitrogens with one attached hydrogen (secondary N) is 1. The Balaban J connectivity index is 1.60. The molecule has 1 saturated heterocycles. The number of aryl methyl sites for hydroxylation is 1. The van der Waals surface area contributed by atoms with Crippen LogP contribution in [-0.4, -0.2) is 29.6 Å². The fourth-order valence-corrected chi connectivity index (χ4v) is 3.05. The SMILES string of the molecule is Cc1cc(C#N)nc(NC[C@H]2CCCN(c3ccccc3)C2)n1. The minimum atomic E-state index is 0.412. The average molecular weight is 307 g/mol. The van der Waals surface area contributed by atoms with Crippen molar-refractivity contribution in [2.45, 2.75) is 19.8 Å². The highest BCUT2D eigenvalue weighted by atomic mass is 15.2. The van der Waals surface area contributed by atoms with Gasteiger partial charge in [-0.1, -0.05) is 18.2 Å². The number of aromatic nitrogens is 2.